The van der Waals surface area contributed by atoms with Gasteiger partial charge in [-0.1, -0.05) is 82.3 Å². The van der Waals surface area contributed by atoms with E-state index in [-0.39, 0.29) is 50.3 Å². The second kappa shape index (κ2) is 26.8. The van der Waals surface area contributed by atoms with Crippen molar-refractivity contribution in [2.45, 2.75) is 106 Å². The lowest BCUT2D eigenvalue weighted by atomic mass is 10.0. The van der Waals surface area contributed by atoms with Gasteiger partial charge in [-0.3, -0.25) is 43.2 Å². The van der Waals surface area contributed by atoms with Crippen LogP contribution in [0.15, 0.2) is 60.7 Å². The van der Waals surface area contributed by atoms with Crippen LogP contribution < -0.4 is 54.8 Å². The molecule has 2 fully saturated rings. The maximum absolute atomic E-state index is 14.4. The molecule has 0 bridgehead atoms. The summed E-state index contributed by atoms with van der Waals surface area (Å²) in [6.45, 7) is 0.236. The van der Waals surface area contributed by atoms with Gasteiger partial charge in [0.2, 0.25) is 53.2 Å². The maximum Gasteiger partial charge on any atom is 0.326 e. The van der Waals surface area contributed by atoms with Gasteiger partial charge in [0, 0.05) is 37.3 Å². The van der Waals surface area contributed by atoms with Crippen molar-refractivity contribution in [2.24, 2.45) is 22.9 Å². The Bertz CT molecular complexity index is 2090. The van der Waals surface area contributed by atoms with E-state index in [1.165, 1.54) is 4.90 Å². The molecule has 22 nitrogen and oxygen atoms in total. The number of nitrogens with two attached hydrogens (primary N) is 4. The van der Waals surface area contributed by atoms with Crippen molar-refractivity contribution >= 4 is 80.7 Å². The predicted molar refractivity (Wildman–Crippen MR) is 248 cm³/mol. The van der Waals surface area contributed by atoms with Crippen molar-refractivity contribution in [3.8, 4) is 0 Å². The lowest BCUT2D eigenvalue weighted by molar-refractivity contribution is -0.145. The summed E-state index contributed by atoms with van der Waals surface area (Å²) in [6.07, 6.45) is -0.853. The topological polar surface area (TPSA) is 370 Å². The third kappa shape index (κ3) is 17.2. The van der Waals surface area contributed by atoms with E-state index < -0.39 is 127 Å². The molecule has 2 saturated heterocycles. The van der Waals surface area contributed by atoms with E-state index in [9.17, 15) is 53.1 Å². The van der Waals surface area contributed by atoms with Crippen molar-refractivity contribution in [1.82, 2.24) is 36.8 Å². The summed E-state index contributed by atoms with van der Waals surface area (Å²) in [6, 6.07) is 6.30. The van der Waals surface area contributed by atoms with Crippen molar-refractivity contribution < 1.29 is 53.1 Å². The van der Waals surface area contributed by atoms with E-state index in [1.54, 1.807) is 60.7 Å². The smallest absolute Gasteiger partial charge is 0.326 e. The summed E-state index contributed by atoms with van der Waals surface area (Å²) in [5, 5.41) is 25.1. The molecular formula is C43H59N11O11S2. The summed E-state index contributed by atoms with van der Waals surface area (Å²) < 4.78 is 0. The van der Waals surface area contributed by atoms with E-state index in [4.69, 9.17) is 22.9 Å². The number of benzene rings is 2. The SMILES string of the molecule is NCCC[C@H](NC(=O)[C@@H]1CCCN1C(=O)[C@@H]1CSSC[C@H](N)C(=O)N[C@@H](Cc2ccccc2)C(=O)N[C@@H](Cc2ccccc2)C(=O)N[C@@H](CCC(N)=O)C(=O)N[C@@H](CC(N)=O)C(=O)N1)C(=O)O. The molecule has 0 radical (unpaired) electrons. The first-order valence-electron chi connectivity index (χ1n) is 21.7. The molecule has 2 aliphatic heterocycles. The minimum atomic E-state index is -1.75. The Balaban J connectivity index is 1.72. The molecule has 67 heavy (non-hydrogen) atoms. The highest BCUT2D eigenvalue weighted by atomic mass is 33.1. The average Bonchev–Trinajstić information content (AvgIpc) is 3.79. The summed E-state index contributed by atoms with van der Waals surface area (Å²) in [4.78, 5) is 135. The molecule has 24 heteroatoms. The Labute approximate surface area is 394 Å². The van der Waals surface area contributed by atoms with Gasteiger partial charge in [0.25, 0.3) is 0 Å². The zero-order valence-corrected chi connectivity index (χ0v) is 38.3. The van der Waals surface area contributed by atoms with Crippen molar-refractivity contribution in [2.75, 3.05) is 24.6 Å². The standard InChI is InChI=1S/C43H59N11O11S2/c44-17-7-13-28(43(64)65)49-41(62)33-14-8-18-54(33)42(63)32-23-67-66-22-26(45)36(57)50-29(19-24-9-3-1-4-10-24)39(60)51-30(20-25-11-5-2-6-12-25)38(59)48-27(15-16-34(46)55)37(58)52-31(21-35(47)56)40(61)53-32/h1-6,9-12,26-33H,7-8,13-23,44-45H2,(H2,46,55)(H2,47,56)(H,48,59)(H,49,62)(H,50,57)(H,51,60)(H,52,58)(H,53,61)(H,64,65)/t26-,27-,28-,29-,30-,31-,32-,33-/m0/s1. The number of carbonyl (C=O) groups is 10. The summed E-state index contributed by atoms with van der Waals surface area (Å²) in [5.74, 6) is -9.44. The lowest BCUT2D eigenvalue weighted by Gasteiger charge is -2.30. The first-order valence-corrected chi connectivity index (χ1v) is 24.2. The maximum atomic E-state index is 14.4. The number of carboxylic acids is 1. The highest BCUT2D eigenvalue weighted by Crippen LogP contribution is 2.26. The van der Waals surface area contributed by atoms with Crippen LogP contribution in [0.2, 0.25) is 0 Å². The summed E-state index contributed by atoms with van der Waals surface area (Å²) >= 11 is 0. The lowest BCUT2D eigenvalue weighted by Crippen LogP contribution is -2.61. The zero-order chi connectivity index (χ0) is 49.0. The number of nitrogens with one attached hydrogen (secondary N) is 6. The van der Waals surface area contributed by atoms with Crippen LogP contribution in [0, 0.1) is 0 Å². The molecule has 4 rings (SSSR count). The van der Waals surface area contributed by atoms with Gasteiger partial charge in [0.05, 0.1) is 12.5 Å². The molecule has 2 aliphatic rings. The van der Waals surface area contributed by atoms with Crippen LogP contribution in [-0.4, -0.2) is 142 Å². The first kappa shape index (κ1) is 53.4. The number of carbonyl (C=O) groups excluding carboxylic acids is 9. The van der Waals surface area contributed by atoms with Crippen LogP contribution in [0.3, 0.4) is 0 Å². The predicted octanol–water partition coefficient (Wildman–Crippen LogP) is -2.94. The molecule has 9 amide bonds. The fourth-order valence-corrected chi connectivity index (χ4v) is 9.57. The number of amides is 9. The molecular weight excluding hydrogens is 911 g/mol. The highest BCUT2D eigenvalue weighted by Gasteiger charge is 2.40. The molecule has 0 spiro atoms. The van der Waals surface area contributed by atoms with Crippen LogP contribution in [0.5, 0.6) is 0 Å². The van der Waals surface area contributed by atoms with Gasteiger partial charge in [0.15, 0.2) is 0 Å². The minimum absolute atomic E-state index is 0.0126. The van der Waals surface area contributed by atoms with Crippen LogP contribution in [0.25, 0.3) is 0 Å². The molecule has 364 valence electrons. The highest BCUT2D eigenvalue weighted by molar-refractivity contribution is 8.76. The Morgan fingerprint density at radius 1 is 0.716 bits per heavy atom. The third-order valence-electron chi connectivity index (χ3n) is 10.8. The number of rotatable bonds is 16. The quantitative estimate of drug-likeness (QED) is 0.0750. The van der Waals surface area contributed by atoms with Crippen molar-refractivity contribution in [3.63, 3.8) is 0 Å². The van der Waals surface area contributed by atoms with Gasteiger partial charge in [0.1, 0.15) is 42.3 Å². The van der Waals surface area contributed by atoms with Gasteiger partial charge < -0.3 is 64.8 Å². The normalized spacial score (nSPS) is 24.1. The average molecular weight is 970 g/mol. The molecule has 2 heterocycles. The Kier molecular flexibility index (Phi) is 21.3. The monoisotopic (exact) mass is 969 g/mol. The Morgan fingerprint density at radius 3 is 1.79 bits per heavy atom. The molecule has 0 aliphatic carbocycles. The largest absolute Gasteiger partial charge is 0.480 e. The van der Waals surface area contributed by atoms with Crippen molar-refractivity contribution in [1.29, 1.82) is 0 Å². The van der Waals surface area contributed by atoms with Crippen LogP contribution >= 0.6 is 21.6 Å². The van der Waals surface area contributed by atoms with Gasteiger partial charge in [-0.15, -0.1) is 0 Å². The van der Waals surface area contributed by atoms with E-state index in [0.29, 0.717) is 24.0 Å². The van der Waals surface area contributed by atoms with Crippen molar-refractivity contribution in [3.05, 3.63) is 71.8 Å². The van der Waals surface area contributed by atoms with E-state index in [1.807, 2.05) is 0 Å². The number of primary amides is 2. The molecule has 2 aromatic carbocycles. The van der Waals surface area contributed by atoms with Crippen LogP contribution in [0.4, 0.5) is 0 Å². The molecule has 15 N–H and O–H groups in total. The molecule has 2 aromatic rings. The number of hydrogen-bond donors (Lipinski definition) is 11. The van der Waals surface area contributed by atoms with Crippen LogP contribution in [0.1, 0.15) is 56.1 Å². The van der Waals surface area contributed by atoms with E-state index in [0.717, 1.165) is 21.6 Å². The van der Waals surface area contributed by atoms with E-state index >= 15 is 0 Å². The number of likely N-dealkylation sites (tertiary alicyclic amines) is 1. The van der Waals surface area contributed by atoms with Gasteiger partial charge >= 0.3 is 5.97 Å². The number of carboxylic acid groups (broad SMARTS) is 1. The van der Waals surface area contributed by atoms with Gasteiger partial charge in [-0.25, -0.2) is 4.79 Å². The second-order valence-electron chi connectivity index (χ2n) is 16.1. The fraction of sp³-hybridized carbons (Fsp3) is 0.488. The molecule has 0 unspecified atom stereocenters. The summed E-state index contributed by atoms with van der Waals surface area (Å²) in [7, 11) is 2.08. The van der Waals surface area contributed by atoms with Gasteiger partial charge in [-0.2, -0.15) is 0 Å². The minimum Gasteiger partial charge on any atom is -0.480 e. The molecule has 8 atom stereocenters. The zero-order valence-electron chi connectivity index (χ0n) is 36.7. The number of nitrogens with zero attached hydrogens (tertiary/aromatic N) is 1. The molecule has 0 aromatic heterocycles. The Hall–Kier alpha value is -6.24. The Morgan fingerprint density at radius 2 is 1.24 bits per heavy atom. The fourth-order valence-electron chi connectivity index (χ4n) is 7.29. The van der Waals surface area contributed by atoms with Gasteiger partial charge in [-0.05, 0) is 49.8 Å². The number of hydrogen-bond acceptors (Lipinski definition) is 14. The van der Waals surface area contributed by atoms with Crippen LogP contribution in [-0.2, 0) is 60.8 Å². The molecule has 0 saturated carbocycles. The first-order chi connectivity index (χ1) is 32.0. The second-order valence-corrected chi connectivity index (χ2v) is 18.6. The van der Waals surface area contributed by atoms with E-state index in [2.05, 4.69) is 31.9 Å². The number of aliphatic carboxylic acids is 1. The summed E-state index contributed by atoms with van der Waals surface area (Å²) in [5.41, 5.74) is 24.1. The third-order valence-corrected chi connectivity index (χ3v) is 13.3.